The fourth-order valence-corrected chi connectivity index (χ4v) is 4.97. The largest absolute Gasteiger partial charge is 0.494 e. The summed E-state index contributed by atoms with van der Waals surface area (Å²) in [6, 6.07) is 21.5. The van der Waals surface area contributed by atoms with Gasteiger partial charge in [-0.15, -0.1) is 11.3 Å². The van der Waals surface area contributed by atoms with Crippen molar-refractivity contribution in [1.29, 1.82) is 0 Å². The molecular formula is C27H23ClN2O3S. The molecule has 1 aromatic heterocycles. The first-order chi connectivity index (χ1) is 16.6. The molecule has 2 heterocycles. The van der Waals surface area contributed by atoms with Crippen molar-refractivity contribution in [2.45, 2.75) is 13.3 Å². The van der Waals surface area contributed by atoms with Gasteiger partial charge in [-0.1, -0.05) is 47.5 Å². The molecule has 0 fully saturated rings. The van der Waals surface area contributed by atoms with E-state index in [9.17, 15) is 4.79 Å². The zero-order chi connectivity index (χ0) is 23.5. The number of aromatic nitrogens is 1. The number of halogens is 1. The molecule has 0 aliphatic carbocycles. The highest BCUT2D eigenvalue weighted by atomic mass is 35.5. The topological polar surface area (TPSA) is 51.7 Å². The smallest absolute Gasteiger partial charge is 0.265 e. The molecule has 3 aromatic carbocycles. The van der Waals surface area contributed by atoms with E-state index < -0.39 is 0 Å². The minimum Gasteiger partial charge on any atom is -0.494 e. The second kappa shape index (κ2) is 9.87. The first-order valence-corrected chi connectivity index (χ1v) is 12.3. The standard InChI is InChI=1S/C27H23ClN2O3S/c1-18-7-10-20(11-8-18)32-14-4-13-30-24-15-19(9-12-25(24)33-16-26(30)31)23-17-34-27(29-23)21-5-2-3-6-22(21)28/h2-3,5-12,15,17H,4,13-14,16H2,1H3. The molecule has 34 heavy (non-hydrogen) atoms. The molecule has 0 unspecified atom stereocenters. The Morgan fingerprint density at radius 2 is 1.94 bits per heavy atom. The predicted molar refractivity (Wildman–Crippen MR) is 137 cm³/mol. The molecule has 1 aliphatic heterocycles. The molecule has 0 atom stereocenters. The Labute approximate surface area is 207 Å². The van der Waals surface area contributed by atoms with Crippen LogP contribution in [0.2, 0.25) is 5.02 Å². The summed E-state index contributed by atoms with van der Waals surface area (Å²) >= 11 is 7.89. The number of anilines is 1. The molecule has 1 aliphatic rings. The molecule has 0 saturated carbocycles. The third kappa shape index (κ3) is 4.79. The summed E-state index contributed by atoms with van der Waals surface area (Å²) in [5.41, 5.74) is 4.62. The van der Waals surface area contributed by atoms with Crippen LogP contribution in [0.15, 0.2) is 72.1 Å². The Balaban J connectivity index is 1.32. The Hall–Kier alpha value is -3.35. The van der Waals surface area contributed by atoms with Crippen molar-refractivity contribution in [3.8, 4) is 33.3 Å². The molecule has 0 N–H and O–H groups in total. The van der Waals surface area contributed by atoms with Crippen molar-refractivity contribution in [2.24, 2.45) is 0 Å². The van der Waals surface area contributed by atoms with Gasteiger partial charge in [0.25, 0.3) is 5.91 Å². The maximum Gasteiger partial charge on any atom is 0.265 e. The summed E-state index contributed by atoms with van der Waals surface area (Å²) in [5, 5.41) is 3.54. The summed E-state index contributed by atoms with van der Waals surface area (Å²) in [6.45, 7) is 3.16. The van der Waals surface area contributed by atoms with Gasteiger partial charge in [0, 0.05) is 23.1 Å². The highest BCUT2D eigenvalue weighted by Gasteiger charge is 2.26. The van der Waals surface area contributed by atoms with Crippen LogP contribution in [0.3, 0.4) is 0 Å². The third-order valence-corrected chi connectivity index (χ3v) is 6.83. The van der Waals surface area contributed by atoms with Crippen LogP contribution in [0.5, 0.6) is 11.5 Å². The van der Waals surface area contributed by atoms with Crippen LogP contribution in [-0.4, -0.2) is 30.6 Å². The lowest BCUT2D eigenvalue weighted by atomic mass is 10.1. The number of carbonyl (C=O) groups is 1. The van der Waals surface area contributed by atoms with Crippen LogP contribution in [-0.2, 0) is 4.79 Å². The number of fused-ring (bicyclic) bond motifs is 1. The quantitative estimate of drug-likeness (QED) is 0.273. The van der Waals surface area contributed by atoms with Crippen molar-refractivity contribution < 1.29 is 14.3 Å². The molecule has 0 spiro atoms. The number of rotatable bonds is 7. The monoisotopic (exact) mass is 490 g/mol. The normalized spacial score (nSPS) is 12.9. The average Bonchev–Trinajstić information content (AvgIpc) is 3.34. The number of carbonyl (C=O) groups excluding carboxylic acids is 1. The lowest BCUT2D eigenvalue weighted by Gasteiger charge is -2.29. The lowest BCUT2D eigenvalue weighted by molar-refractivity contribution is -0.121. The van der Waals surface area contributed by atoms with Crippen LogP contribution in [0, 0.1) is 6.92 Å². The molecule has 4 aromatic rings. The summed E-state index contributed by atoms with van der Waals surface area (Å²) in [7, 11) is 0. The number of ether oxygens (including phenoxy) is 2. The number of aryl methyl sites for hydroxylation is 1. The first-order valence-electron chi connectivity index (χ1n) is 11.1. The van der Waals surface area contributed by atoms with Crippen LogP contribution in [0.1, 0.15) is 12.0 Å². The Morgan fingerprint density at radius 3 is 2.76 bits per heavy atom. The molecule has 0 bridgehead atoms. The molecule has 172 valence electrons. The molecule has 1 amide bonds. The Kier molecular flexibility index (Phi) is 6.52. The summed E-state index contributed by atoms with van der Waals surface area (Å²) in [4.78, 5) is 19.2. The maximum absolute atomic E-state index is 12.7. The van der Waals surface area contributed by atoms with Crippen molar-refractivity contribution in [3.63, 3.8) is 0 Å². The highest BCUT2D eigenvalue weighted by Crippen LogP contribution is 2.38. The van der Waals surface area contributed by atoms with Gasteiger partial charge in [-0.05, 0) is 49.7 Å². The fourth-order valence-electron chi connectivity index (χ4n) is 3.82. The minimum atomic E-state index is -0.0602. The fraction of sp³-hybridized carbons (Fsp3) is 0.185. The van der Waals surface area contributed by atoms with Crippen molar-refractivity contribution in [1.82, 2.24) is 4.98 Å². The van der Waals surface area contributed by atoms with E-state index in [1.54, 1.807) is 16.2 Å². The Bertz CT molecular complexity index is 1320. The summed E-state index contributed by atoms with van der Waals surface area (Å²) < 4.78 is 11.5. The van der Waals surface area contributed by atoms with Gasteiger partial charge in [0.2, 0.25) is 0 Å². The van der Waals surface area contributed by atoms with Gasteiger partial charge in [-0.2, -0.15) is 0 Å². The number of amides is 1. The zero-order valence-corrected chi connectivity index (χ0v) is 20.2. The number of hydrogen-bond donors (Lipinski definition) is 0. The van der Waals surface area contributed by atoms with E-state index in [2.05, 4.69) is 0 Å². The lowest BCUT2D eigenvalue weighted by Crippen LogP contribution is -2.39. The van der Waals surface area contributed by atoms with E-state index in [4.69, 9.17) is 26.1 Å². The van der Waals surface area contributed by atoms with Gasteiger partial charge in [0.15, 0.2) is 6.61 Å². The minimum absolute atomic E-state index is 0.0402. The van der Waals surface area contributed by atoms with Gasteiger partial charge in [-0.25, -0.2) is 4.98 Å². The van der Waals surface area contributed by atoms with E-state index in [-0.39, 0.29) is 12.5 Å². The van der Waals surface area contributed by atoms with E-state index in [0.29, 0.717) is 30.3 Å². The predicted octanol–water partition coefficient (Wildman–Crippen LogP) is 6.63. The van der Waals surface area contributed by atoms with Gasteiger partial charge < -0.3 is 14.4 Å². The van der Waals surface area contributed by atoms with Crippen molar-refractivity contribution in [3.05, 3.63) is 82.7 Å². The second-order valence-electron chi connectivity index (χ2n) is 8.05. The van der Waals surface area contributed by atoms with E-state index >= 15 is 0 Å². The molecule has 0 saturated heterocycles. The molecule has 0 radical (unpaired) electrons. The van der Waals surface area contributed by atoms with E-state index in [0.717, 1.165) is 33.3 Å². The summed E-state index contributed by atoms with van der Waals surface area (Å²) in [6.07, 6.45) is 0.705. The third-order valence-electron chi connectivity index (χ3n) is 5.62. The molecule has 5 rings (SSSR count). The van der Waals surface area contributed by atoms with Gasteiger partial charge in [0.05, 0.1) is 23.0 Å². The second-order valence-corrected chi connectivity index (χ2v) is 9.31. The first kappa shape index (κ1) is 22.4. The molecular weight excluding hydrogens is 468 g/mol. The number of thiazole rings is 1. The van der Waals surface area contributed by atoms with Gasteiger partial charge in [0.1, 0.15) is 16.5 Å². The van der Waals surface area contributed by atoms with Crippen LogP contribution >= 0.6 is 22.9 Å². The SMILES string of the molecule is Cc1ccc(OCCCN2C(=O)COc3ccc(-c4csc(-c5ccccc5Cl)n4)cc32)cc1. The van der Waals surface area contributed by atoms with E-state index in [1.807, 2.05) is 79.0 Å². The zero-order valence-electron chi connectivity index (χ0n) is 18.7. The van der Waals surface area contributed by atoms with Gasteiger partial charge >= 0.3 is 0 Å². The van der Waals surface area contributed by atoms with Crippen LogP contribution in [0.4, 0.5) is 5.69 Å². The highest BCUT2D eigenvalue weighted by molar-refractivity contribution is 7.13. The number of benzene rings is 3. The van der Waals surface area contributed by atoms with Gasteiger partial charge in [-0.3, -0.25) is 4.79 Å². The molecule has 7 heteroatoms. The van der Waals surface area contributed by atoms with Crippen LogP contribution < -0.4 is 14.4 Å². The van der Waals surface area contributed by atoms with Crippen LogP contribution in [0.25, 0.3) is 21.8 Å². The number of hydrogen-bond acceptors (Lipinski definition) is 5. The van der Waals surface area contributed by atoms with E-state index in [1.165, 1.54) is 5.56 Å². The Morgan fingerprint density at radius 1 is 1.12 bits per heavy atom. The van der Waals surface area contributed by atoms with Crippen molar-refractivity contribution in [2.75, 3.05) is 24.7 Å². The van der Waals surface area contributed by atoms with Crippen molar-refractivity contribution >= 4 is 34.5 Å². The number of nitrogens with zero attached hydrogens (tertiary/aromatic N) is 2. The maximum atomic E-state index is 12.7. The molecule has 5 nitrogen and oxygen atoms in total. The average molecular weight is 491 g/mol. The summed E-state index contributed by atoms with van der Waals surface area (Å²) in [5.74, 6) is 1.47.